The van der Waals surface area contributed by atoms with E-state index in [2.05, 4.69) is 0 Å². The van der Waals surface area contributed by atoms with Crippen LogP contribution >= 0.6 is 0 Å². The molecule has 0 radical (unpaired) electrons. The fraction of sp³-hybridized carbons (Fsp3) is 0.318. The number of rotatable bonds is 5. The van der Waals surface area contributed by atoms with Crippen molar-refractivity contribution in [1.82, 2.24) is 0 Å². The summed E-state index contributed by atoms with van der Waals surface area (Å²) in [6, 6.07) is 15.7. The molecule has 4 rings (SSSR count). The lowest BCUT2D eigenvalue weighted by Crippen LogP contribution is -2.39. The van der Waals surface area contributed by atoms with Crippen molar-refractivity contribution in [2.24, 2.45) is 0 Å². The lowest BCUT2D eigenvalue weighted by atomic mass is 10.1. The fourth-order valence-electron chi connectivity index (χ4n) is 3.33. The van der Waals surface area contributed by atoms with Gasteiger partial charge in [-0.05, 0) is 30.5 Å². The molecule has 5 nitrogen and oxygen atoms in total. The van der Waals surface area contributed by atoms with Crippen LogP contribution in [0.15, 0.2) is 54.6 Å². The summed E-state index contributed by atoms with van der Waals surface area (Å²) in [4.78, 5) is 14.8. The Morgan fingerprint density at radius 3 is 2.63 bits per heavy atom. The first kappa shape index (κ1) is 17.6. The molecule has 0 N–H and O–H groups in total. The van der Waals surface area contributed by atoms with Gasteiger partial charge in [0.05, 0.1) is 0 Å². The third-order valence-corrected chi connectivity index (χ3v) is 4.71. The second kappa shape index (κ2) is 8.27. The number of benzene rings is 2. The maximum atomic E-state index is 13.1. The number of nitrogens with zero attached hydrogens (tertiary/aromatic N) is 1. The van der Waals surface area contributed by atoms with Crippen LogP contribution in [0.1, 0.15) is 18.4 Å². The third kappa shape index (κ3) is 4.14. The lowest BCUT2D eigenvalue weighted by molar-refractivity contribution is -0.127. The summed E-state index contributed by atoms with van der Waals surface area (Å²) in [5.41, 5.74) is 1.89. The van der Waals surface area contributed by atoms with Gasteiger partial charge in [-0.1, -0.05) is 42.5 Å². The number of hydrogen-bond donors (Lipinski definition) is 0. The van der Waals surface area contributed by atoms with E-state index in [0.29, 0.717) is 37.9 Å². The second-order valence-electron chi connectivity index (χ2n) is 6.59. The average Bonchev–Trinajstić information content (AvgIpc) is 3.26. The summed E-state index contributed by atoms with van der Waals surface area (Å²) in [6.45, 7) is 2.17. The van der Waals surface area contributed by atoms with E-state index in [-0.39, 0.29) is 12.0 Å². The van der Waals surface area contributed by atoms with E-state index in [4.69, 9.17) is 14.2 Å². The molecular formula is C22H23NO4. The summed E-state index contributed by atoms with van der Waals surface area (Å²) in [5.74, 6) is 1.38. The monoisotopic (exact) mass is 365 g/mol. The van der Waals surface area contributed by atoms with Crippen molar-refractivity contribution >= 4 is 17.7 Å². The first-order valence-corrected chi connectivity index (χ1v) is 9.35. The highest BCUT2D eigenvalue weighted by Crippen LogP contribution is 2.34. The number of anilines is 1. The van der Waals surface area contributed by atoms with Crippen LogP contribution in [0.2, 0.25) is 0 Å². The number of fused-ring (bicyclic) bond motifs is 1. The highest BCUT2D eigenvalue weighted by Gasteiger charge is 2.29. The quantitative estimate of drug-likeness (QED) is 0.811. The molecule has 2 aliphatic rings. The van der Waals surface area contributed by atoms with Gasteiger partial charge >= 0.3 is 0 Å². The Balaban J connectivity index is 1.57. The van der Waals surface area contributed by atoms with Crippen molar-refractivity contribution in [3.63, 3.8) is 0 Å². The summed E-state index contributed by atoms with van der Waals surface area (Å²) in [5, 5.41) is 0. The minimum atomic E-state index is -0.372. The number of amides is 1. The SMILES string of the molecule is O=C([C@@H]1CCCO1)N(C/C=C/c1ccccc1)c1ccc2c(c1)OCCO2. The maximum absolute atomic E-state index is 13.1. The lowest BCUT2D eigenvalue weighted by Gasteiger charge is -2.26. The van der Waals surface area contributed by atoms with Gasteiger partial charge in [-0.25, -0.2) is 0 Å². The van der Waals surface area contributed by atoms with Gasteiger partial charge in [-0.2, -0.15) is 0 Å². The summed E-state index contributed by atoms with van der Waals surface area (Å²) in [7, 11) is 0. The van der Waals surface area contributed by atoms with Crippen LogP contribution in [0.25, 0.3) is 6.08 Å². The highest BCUT2D eigenvalue weighted by molar-refractivity contribution is 5.97. The van der Waals surface area contributed by atoms with Gasteiger partial charge in [-0.15, -0.1) is 0 Å². The number of hydrogen-bond acceptors (Lipinski definition) is 4. The zero-order valence-electron chi connectivity index (χ0n) is 15.2. The average molecular weight is 365 g/mol. The van der Waals surface area contributed by atoms with Crippen molar-refractivity contribution in [2.45, 2.75) is 18.9 Å². The number of carbonyl (C=O) groups excluding carboxylic acids is 1. The minimum absolute atomic E-state index is 0.0121. The van der Waals surface area contributed by atoms with Crippen LogP contribution in [0.5, 0.6) is 11.5 Å². The van der Waals surface area contributed by atoms with E-state index in [1.54, 1.807) is 4.90 Å². The highest BCUT2D eigenvalue weighted by atomic mass is 16.6. The molecule has 0 aromatic heterocycles. The molecule has 5 heteroatoms. The van der Waals surface area contributed by atoms with Crippen molar-refractivity contribution in [3.05, 3.63) is 60.2 Å². The van der Waals surface area contributed by atoms with Gasteiger partial charge in [0.15, 0.2) is 11.5 Å². The molecular weight excluding hydrogens is 342 g/mol. The van der Waals surface area contributed by atoms with Gasteiger partial charge in [0.1, 0.15) is 19.3 Å². The summed E-state index contributed by atoms with van der Waals surface area (Å²) >= 11 is 0. The van der Waals surface area contributed by atoms with Gasteiger partial charge in [-0.3, -0.25) is 4.79 Å². The molecule has 0 aliphatic carbocycles. The van der Waals surface area contributed by atoms with Crippen LogP contribution in [0, 0.1) is 0 Å². The van der Waals surface area contributed by atoms with Crippen LogP contribution in [-0.4, -0.2) is 38.4 Å². The maximum Gasteiger partial charge on any atom is 0.256 e. The first-order valence-electron chi connectivity index (χ1n) is 9.35. The molecule has 2 aromatic rings. The van der Waals surface area contributed by atoms with E-state index in [1.807, 2.05) is 60.7 Å². The largest absolute Gasteiger partial charge is 0.486 e. The topological polar surface area (TPSA) is 48.0 Å². The molecule has 27 heavy (non-hydrogen) atoms. The first-order chi connectivity index (χ1) is 13.3. The molecule has 2 heterocycles. The zero-order valence-corrected chi connectivity index (χ0v) is 15.2. The Labute approximate surface area is 159 Å². The van der Waals surface area contributed by atoms with Gasteiger partial charge in [0, 0.05) is 24.9 Å². The number of carbonyl (C=O) groups is 1. The predicted octanol–water partition coefficient (Wildman–Crippen LogP) is 3.68. The second-order valence-corrected chi connectivity index (χ2v) is 6.59. The van der Waals surface area contributed by atoms with Crippen molar-refractivity contribution < 1.29 is 19.0 Å². The summed E-state index contributed by atoms with van der Waals surface area (Å²) < 4.78 is 16.9. The molecule has 2 aromatic carbocycles. The van der Waals surface area contributed by atoms with Gasteiger partial charge < -0.3 is 19.1 Å². The normalized spacial score (nSPS) is 18.6. The van der Waals surface area contributed by atoms with Crippen LogP contribution < -0.4 is 14.4 Å². The Bertz CT molecular complexity index is 812. The number of ether oxygens (including phenoxy) is 3. The molecule has 140 valence electrons. The van der Waals surface area contributed by atoms with E-state index < -0.39 is 0 Å². The molecule has 0 saturated carbocycles. The van der Waals surface area contributed by atoms with Crippen molar-refractivity contribution in [1.29, 1.82) is 0 Å². The van der Waals surface area contributed by atoms with Crippen LogP contribution in [-0.2, 0) is 9.53 Å². The van der Waals surface area contributed by atoms with E-state index in [9.17, 15) is 4.79 Å². The van der Waals surface area contributed by atoms with Crippen LogP contribution in [0.4, 0.5) is 5.69 Å². The summed E-state index contributed by atoms with van der Waals surface area (Å²) in [6.07, 6.45) is 5.34. The zero-order chi connectivity index (χ0) is 18.5. The minimum Gasteiger partial charge on any atom is -0.486 e. The smallest absolute Gasteiger partial charge is 0.256 e. The van der Waals surface area contributed by atoms with Gasteiger partial charge in [0.2, 0.25) is 0 Å². The molecule has 0 unspecified atom stereocenters. The predicted molar refractivity (Wildman–Crippen MR) is 104 cm³/mol. The molecule has 0 spiro atoms. The Morgan fingerprint density at radius 1 is 1.04 bits per heavy atom. The molecule has 0 bridgehead atoms. The van der Waals surface area contributed by atoms with Crippen molar-refractivity contribution in [2.75, 3.05) is 31.3 Å². The van der Waals surface area contributed by atoms with Crippen LogP contribution in [0.3, 0.4) is 0 Å². The Morgan fingerprint density at radius 2 is 1.85 bits per heavy atom. The molecule has 1 atom stereocenters. The van der Waals surface area contributed by atoms with E-state index in [1.165, 1.54) is 0 Å². The van der Waals surface area contributed by atoms with Crippen molar-refractivity contribution in [3.8, 4) is 11.5 Å². The van der Waals surface area contributed by atoms with E-state index in [0.717, 1.165) is 24.1 Å². The van der Waals surface area contributed by atoms with E-state index >= 15 is 0 Å². The molecule has 1 fully saturated rings. The Hall–Kier alpha value is -2.79. The standard InChI is InChI=1S/C22H23NO4/c24-22(20-9-5-13-25-20)23(12-4-8-17-6-2-1-3-7-17)18-10-11-19-21(16-18)27-15-14-26-19/h1-4,6-8,10-11,16,20H,5,9,12-15H2/b8-4+/t20-/m0/s1. The Kier molecular flexibility index (Phi) is 5.39. The molecule has 1 saturated heterocycles. The van der Waals surface area contributed by atoms with Gasteiger partial charge in [0.25, 0.3) is 5.91 Å². The fourth-order valence-corrected chi connectivity index (χ4v) is 3.33. The molecule has 1 amide bonds. The molecule has 2 aliphatic heterocycles. The third-order valence-electron chi connectivity index (χ3n) is 4.71.